The second-order valence-electron chi connectivity index (χ2n) is 6.84. The molecule has 1 aliphatic heterocycles. The number of amides is 1. The van der Waals surface area contributed by atoms with Gasteiger partial charge in [-0.3, -0.25) is 4.79 Å². The molecule has 0 aromatic heterocycles. The number of halogens is 5. The summed E-state index contributed by atoms with van der Waals surface area (Å²) in [7, 11) is 1.61. The van der Waals surface area contributed by atoms with Crippen LogP contribution < -0.4 is 4.90 Å². The van der Waals surface area contributed by atoms with Gasteiger partial charge in [0.15, 0.2) is 0 Å². The molecule has 0 bridgehead atoms. The first-order chi connectivity index (χ1) is 13.6. The van der Waals surface area contributed by atoms with Crippen molar-refractivity contribution in [3.8, 4) is 6.07 Å². The largest absolute Gasteiger partial charge is 0.416 e. The van der Waals surface area contributed by atoms with Gasteiger partial charge in [-0.05, 0) is 42.0 Å². The van der Waals surface area contributed by atoms with Crippen LogP contribution in [0.25, 0.3) is 0 Å². The van der Waals surface area contributed by atoms with E-state index in [0.29, 0.717) is 18.3 Å². The molecule has 0 spiro atoms. The Hall–Kier alpha value is -2.79. The maximum absolute atomic E-state index is 13.7. The Morgan fingerprint density at radius 2 is 2.00 bits per heavy atom. The predicted octanol–water partition coefficient (Wildman–Crippen LogP) is 4.61. The van der Waals surface area contributed by atoms with Gasteiger partial charge in [-0.25, -0.2) is 4.39 Å². The van der Waals surface area contributed by atoms with Gasteiger partial charge in [-0.1, -0.05) is 11.6 Å². The zero-order valence-electron chi connectivity index (χ0n) is 15.3. The first-order valence-electron chi connectivity index (χ1n) is 8.66. The summed E-state index contributed by atoms with van der Waals surface area (Å²) >= 11 is 6.10. The van der Waals surface area contributed by atoms with Crippen LogP contribution in [-0.4, -0.2) is 30.4 Å². The maximum atomic E-state index is 13.7. The highest BCUT2D eigenvalue weighted by Gasteiger charge is 2.36. The van der Waals surface area contributed by atoms with Crippen LogP contribution in [0.1, 0.15) is 23.1 Å². The van der Waals surface area contributed by atoms with Crippen molar-refractivity contribution >= 4 is 23.2 Å². The van der Waals surface area contributed by atoms with Gasteiger partial charge in [0, 0.05) is 32.2 Å². The Bertz CT molecular complexity index is 987. The number of carbonyl (C=O) groups is 1. The summed E-state index contributed by atoms with van der Waals surface area (Å²) < 4.78 is 54.1. The Morgan fingerprint density at radius 1 is 1.28 bits per heavy atom. The Balaban J connectivity index is 2.06. The predicted molar refractivity (Wildman–Crippen MR) is 99.8 cm³/mol. The summed E-state index contributed by atoms with van der Waals surface area (Å²) in [6.07, 6.45) is -4.55. The van der Waals surface area contributed by atoms with E-state index in [9.17, 15) is 22.4 Å². The molecule has 1 heterocycles. The molecule has 0 radical (unpaired) electrons. The minimum Gasteiger partial charge on any atom is -0.362 e. The second-order valence-corrected chi connectivity index (χ2v) is 7.24. The van der Waals surface area contributed by atoms with Gasteiger partial charge in [-0.15, -0.1) is 0 Å². The van der Waals surface area contributed by atoms with Crippen LogP contribution in [0, 0.1) is 17.1 Å². The number of anilines is 1. The summed E-state index contributed by atoms with van der Waals surface area (Å²) in [5, 5.41) is 9.20. The fourth-order valence-electron chi connectivity index (χ4n) is 3.41. The van der Waals surface area contributed by atoms with Gasteiger partial charge in [-0.2, -0.15) is 18.4 Å². The maximum Gasteiger partial charge on any atom is 0.416 e. The van der Waals surface area contributed by atoms with E-state index < -0.39 is 23.6 Å². The first kappa shape index (κ1) is 20.9. The molecule has 9 heteroatoms. The number of benzene rings is 2. The van der Waals surface area contributed by atoms with Crippen LogP contribution in [-0.2, 0) is 17.5 Å². The van der Waals surface area contributed by atoms with Crippen LogP contribution in [0.4, 0.5) is 23.2 Å². The van der Waals surface area contributed by atoms with Gasteiger partial charge < -0.3 is 9.80 Å². The normalized spacial score (nSPS) is 16.8. The van der Waals surface area contributed by atoms with Crippen LogP contribution in [0.2, 0.25) is 5.02 Å². The molecule has 1 aliphatic rings. The van der Waals surface area contributed by atoms with Crippen molar-refractivity contribution in [3.63, 3.8) is 0 Å². The Morgan fingerprint density at radius 3 is 2.55 bits per heavy atom. The lowest BCUT2D eigenvalue weighted by Crippen LogP contribution is -2.37. The number of nitrogens with zero attached hydrogens (tertiary/aromatic N) is 3. The van der Waals surface area contributed by atoms with E-state index >= 15 is 0 Å². The number of nitriles is 1. The molecule has 4 nitrogen and oxygen atoms in total. The Labute approximate surface area is 169 Å². The van der Waals surface area contributed by atoms with E-state index in [1.165, 1.54) is 17.0 Å². The minimum atomic E-state index is -4.65. The van der Waals surface area contributed by atoms with Crippen molar-refractivity contribution in [3.05, 3.63) is 63.9 Å². The lowest BCUT2D eigenvalue weighted by Gasteiger charge is -2.32. The molecule has 0 saturated carbocycles. The molecule has 1 atom stereocenters. The van der Waals surface area contributed by atoms with Crippen LogP contribution in [0.5, 0.6) is 0 Å². The van der Waals surface area contributed by atoms with Gasteiger partial charge in [0.2, 0.25) is 5.91 Å². The average Bonchev–Trinajstić information content (AvgIpc) is 2.97. The molecule has 0 aliphatic carbocycles. The molecule has 152 valence electrons. The number of hydrogen-bond acceptors (Lipinski definition) is 3. The monoisotopic (exact) mass is 425 g/mol. The lowest BCUT2D eigenvalue weighted by atomic mass is 10.0. The number of alkyl halides is 3. The van der Waals surface area contributed by atoms with Crippen molar-refractivity contribution in [2.24, 2.45) is 0 Å². The highest BCUT2D eigenvalue weighted by molar-refractivity contribution is 6.32. The van der Waals surface area contributed by atoms with E-state index in [1.807, 2.05) is 6.07 Å². The molecular formula is C20H16ClF4N3O. The zero-order chi connectivity index (χ0) is 21.3. The molecule has 2 aromatic rings. The van der Waals surface area contributed by atoms with Crippen molar-refractivity contribution in [1.29, 1.82) is 5.26 Å². The van der Waals surface area contributed by atoms with Gasteiger partial charge in [0.05, 0.1) is 22.2 Å². The van der Waals surface area contributed by atoms with Crippen molar-refractivity contribution in [1.82, 2.24) is 4.90 Å². The van der Waals surface area contributed by atoms with E-state index in [1.54, 1.807) is 18.0 Å². The Kier molecular flexibility index (Phi) is 5.71. The third-order valence-corrected chi connectivity index (χ3v) is 5.19. The molecule has 2 aromatic carbocycles. The van der Waals surface area contributed by atoms with Crippen molar-refractivity contribution in [2.75, 3.05) is 18.5 Å². The van der Waals surface area contributed by atoms with Crippen molar-refractivity contribution < 1.29 is 22.4 Å². The quantitative estimate of drug-likeness (QED) is 0.672. The SMILES string of the molecule is CN1C[C@@H](N(Cc2cc(F)ccc2C(F)(F)F)c2ccc(C#N)c(Cl)c2)CC1=O. The molecule has 1 amide bonds. The van der Waals surface area contributed by atoms with Gasteiger partial charge >= 0.3 is 6.18 Å². The molecule has 29 heavy (non-hydrogen) atoms. The number of carbonyl (C=O) groups excluding carboxylic acids is 1. The highest BCUT2D eigenvalue weighted by atomic mass is 35.5. The van der Waals surface area contributed by atoms with Crippen molar-refractivity contribution in [2.45, 2.75) is 25.2 Å². The second kappa shape index (κ2) is 7.91. The first-order valence-corrected chi connectivity index (χ1v) is 9.04. The lowest BCUT2D eigenvalue weighted by molar-refractivity contribution is -0.138. The smallest absolute Gasteiger partial charge is 0.362 e. The van der Waals surface area contributed by atoms with E-state index in [4.69, 9.17) is 16.9 Å². The molecule has 3 rings (SSSR count). The average molecular weight is 426 g/mol. The zero-order valence-corrected chi connectivity index (χ0v) is 16.1. The minimum absolute atomic E-state index is 0.102. The molecule has 1 saturated heterocycles. The summed E-state index contributed by atoms with van der Waals surface area (Å²) in [5.74, 6) is -0.930. The van der Waals surface area contributed by atoms with E-state index in [2.05, 4.69) is 0 Å². The summed E-state index contributed by atoms with van der Waals surface area (Å²) in [6.45, 7) is 0.0216. The topological polar surface area (TPSA) is 47.3 Å². The summed E-state index contributed by atoms with van der Waals surface area (Å²) in [6, 6.07) is 8.30. The molecule has 1 fully saturated rings. The highest BCUT2D eigenvalue weighted by Crippen LogP contribution is 2.35. The number of hydrogen-bond donors (Lipinski definition) is 0. The summed E-state index contributed by atoms with van der Waals surface area (Å²) in [5.41, 5.74) is -0.530. The number of likely N-dealkylation sites (tertiary alicyclic amines) is 1. The van der Waals surface area contributed by atoms with Crippen LogP contribution >= 0.6 is 11.6 Å². The van der Waals surface area contributed by atoms with E-state index in [0.717, 1.165) is 12.1 Å². The summed E-state index contributed by atoms with van der Waals surface area (Å²) in [4.78, 5) is 15.1. The molecule has 0 unspecified atom stereocenters. The number of rotatable bonds is 4. The van der Waals surface area contributed by atoms with E-state index in [-0.39, 0.29) is 35.0 Å². The third-order valence-electron chi connectivity index (χ3n) is 4.88. The van der Waals surface area contributed by atoms with Crippen LogP contribution in [0.3, 0.4) is 0 Å². The molecule has 0 N–H and O–H groups in total. The fraction of sp³-hybridized carbons (Fsp3) is 0.300. The van der Waals surface area contributed by atoms with Gasteiger partial charge in [0.25, 0.3) is 0 Å². The molecular weight excluding hydrogens is 410 g/mol. The number of likely N-dealkylation sites (N-methyl/N-ethyl adjacent to an activating group) is 1. The fourth-order valence-corrected chi connectivity index (χ4v) is 3.62. The standard InChI is InChI=1S/C20H16ClF4N3O/c1-27-11-16(8-19(27)29)28(15-4-2-12(9-26)18(21)7-15)10-13-6-14(22)3-5-17(13)20(23,24)25/h2-7,16H,8,10-11H2,1H3/t16-/m0/s1. The third kappa shape index (κ3) is 4.46. The van der Waals surface area contributed by atoms with Gasteiger partial charge in [0.1, 0.15) is 11.9 Å². The van der Waals surface area contributed by atoms with Crippen LogP contribution in [0.15, 0.2) is 36.4 Å².